The van der Waals surface area contributed by atoms with E-state index in [1.54, 1.807) is 37.4 Å². The van der Waals surface area contributed by atoms with Gasteiger partial charge in [0.15, 0.2) is 0 Å². The van der Waals surface area contributed by atoms with E-state index in [1.807, 2.05) is 17.5 Å². The first-order valence-corrected chi connectivity index (χ1v) is 9.30. The number of hydrogen-bond donors (Lipinski definition) is 0. The van der Waals surface area contributed by atoms with Gasteiger partial charge in [-0.2, -0.15) is 5.10 Å². The summed E-state index contributed by atoms with van der Waals surface area (Å²) in [6.45, 7) is 1.72. The molecule has 0 bridgehead atoms. The zero-order valence-corrected chi connectivity index (χ0v) is 15.5. The number of nitrogens with zero attached hydrogens (tertiary/aromatic N) is 3. The van der Waals surface area contributed by atoms with Crippen molar-refractivity contribution in [3.63, 3.8) is 0 Å². The van der Waals surface area contributed by atoms with E-state index in [9.17, 15) is 14.0 Å². The van der Waals surface area contributed by atoms with E-state index < -0.39 is 0 Å². The minimum atomic E-state index is -0.322. The normalized spacial score (nSPS) is 16.5. The van der Waals surface area contributed by atoms with Crippen LogP contribution in [0.2, 0.25) is 0 Å². The van der Waals surface area contributed by atoms with Gasteiger partial charge < -0.3 is 4.90 Å². The number of carbonyl (C=O) groups is 2. The highest BCUT2D eigenvalue weighted by atomic mass is 32.1. The predicted molar refractivity (Wildman–Crippen MR) is 99.4 cm³/mol. The van der Waals surface area contributed by atoms with Crippen LogP contribution in [0, 0.1) is 5.82 Å². The number of halogens is 1. The number of hydrazone groups is 1. The van der Waals surface area contributed by atoms with Crippen LogP contribution in [0.4, 0.5) is 4.39 Å². The molecule has 136 valence electrons. The van der Waals surface area contributed by atoms with Gasteiger partial charge in [0.25, 0.3) is 5.91 Å². The van der Waals surface area contributed by atoms with Crippen molar-refractivity contribution in [2.24, 2.45) is 5.10 Å². The molecule has 0 N–H and O–H groups in total. The van der Waals surface area contributed by atoms with Crippen molar-refractivity contribution in [1.82, 2.24) is 9.91 Å². The first kappa shape index (κ1) is 18.3. The fourth-order valence-electron chi connectivity index (χ4n) is 2.91. The van der Waals surface area contributed by atoms with Gasteiger partial charge in [-0.15, -0.1) is 11.3 Å². The standard InChI is InChI=1S/C19H20FN3O2S/c1-3-18(24)22(2)12-19(25)23-16(13-6-8-14(20)9-7-13)11-15(21-23)17-5-4-10-26-17/h4-10,16H,3,11-12H2,1-2H3/t16-/m0/s1. The molecule has 1 aliphatic heterocycles. The van der Waals surface area contributed by atoms with Crippen LogP contribution in [0.3, 0.4) is 0 Å². The van der Waals surface area contributed by atoms with Gasteiger partial charge >= 0.3 is 0 Å². The summed E-state index contributed by atoms with van der Waals surface area (Å²) < 4.78 is 13.3. The Balaban J connectivity index is 1.86. The third-order valence-corrected chi connectivity index (χ3v) is 5.25. The Morgan fingerprint density at radius 3 is 2.65 bits per heavy atom. The number of benzene rings is 1. The molecular weight excluding hydrogens is 353 g/mol. The highest BCUT2D eigenvalue weighted by molar-refractivity contribution is 7.12. The van der Waals surface area contributed by atoms with Crippen molar-refractivity contribution >= 4 is 28.9 Å². The van der Waals surface area contributed by atoms with Gasteiger partial charge in [-0.05, 0) is 29.1 Å². The van der Waals surface area contributed by atoms with Crippen LogP contribution in [0.25, 0.3) is 0 Å². The molecule has 1 aromatic heterocycles. The van der Waals surface area contributed by atoms with Gasteiger partial charge in [-0.3, -0.25) is 9.59 Å². The SMILES string of the molecule is CCC(=O)N(C)CC(=O)N1N=C(c2cccs2)C[C@H]1c1ccc(F)cc1. The summed E-state index contributed by atoms with van der Waals surface area (Å²) in [5, 5.41) is 7.92. The van der Waals surface area contributed by atoms with Crippen LogP contribution >= 0.6 is 11.3 Å². The largest absolute Gasteiger partial charge is 0.336 e. The summed E-state index contributed by atoms with van der Waals surface area (Å²) in [6.07, 6.45) is 0.901. The van der Waals surface area contributed by atoms with Crippen LogP contribution in [0.5, 0.6) is 0 Å². The van der Waals surface area contributed by atoms with Gasteiger partial charge in [0.05, 0.1) is 16.6 Å². The highest BCUT2D eigenvalue weighted by Gasteiger charge is 2.34. The average Bonchev–Trinajstić information content (AvgIpc) is 3.31. The Labute approximate surface area is 155 Å². The Morgan fingerprint density at radius 1 is 1.31 bits per heavy atom. The van der Waals surface area contributed by atoms with Crippen molar-refractivity contribution in [1.29, 1.82) is 0 Å². The molecule has 0 spiro atoms. The van der Waals surface area contributed by atoms with Crippen molar-refractivity contribution in [2.45, 2.75) is 25.8 Å². The number of amides is 2. The highest BCUT2D eigenvalue weighted by Crippen LogP contribution is 2.33. The summed E-state index contributed by atoms with van der Waals surface area (Å²) in [4.78, 5) is 27.0. The van der Waals surface area contributed by atoms with E-state index in [-0.39, 0.29) is 30.2 Å². The molecule has 3 rings (SSSR count). The molecule has 5 nitrogen and oxygen atoms in total. The zero-order valence-electron chi connectivity index (χ0n) is 14.7. The van der Waals surface area contributed by atoms with Gasteiger partial charge in [-0.1, -0.05) is 25.1 Å². The Hall–Kier alpha value is -2.54. The quantitative estimate of drug-likeness (QED) is 0.806. The average molecular weight is 373 g/mol. The number of hydrogen-bond acceptors (Lipinski definition) is 4. The van der Waals surface area contributed by atoms with E-state index in [0.717, 1.165) is 16.2 Å². The first-order valence-electron chi connectivity index (χ1n) is 8.42. The lowest BCUT2D eigenvalue weighted by Crippen LogP contribution is -2.39. The number of likely N-dealkylation sites (N-methyl/N-ethyl adjacent to an activating group) is 1. The number of thiophene rings is 1. The van der Waals surface area contributed by atoms with E-state index in [2.05, 4.69) is 5.10 Å². The summed E-state index contributed by atoms with van der Waals surface area (Å²) in [7, 11) is 1.61. The van der Waals surface area contributed by atoms with E-state index in [1.165, 1.54) is 22.0 Å². The zero-order chi connectivity index (χ0) is 18.7. The van der Waals surface area contributed by atoms with Crippen molar-refractivity contribution in [3.8, 4) is 0 Å². The van der Waals surface area contributed by atoms with Crippen molar-refractivity contribution < 1.29 is 14.0 Å². The van der Waals surface area contributed by atoms with Crippen LogP contribution in [-0.4, -0.2) is 41.0 Å². The molecule has 0 saturated carbocycles. The van der Waals surface area contributed by atoms with Gasteiger partial charge in [0, 0.05) is 19.9 Å². The second-order valence-electron chi connectivity index (χ2n) is 6.14. The number of rotatable bonds is 5. The molecule has 0 fully saturated rings. The maximum atomic E-state index is 13.3. The Kier molecular flexibility index (Phi) is 5.46. The lowest BCUT2D eigenvalue weighted by Gasteiger charge is -2.24. The van der Waals surface area contributed by atoms with Crippen LogP contribution in [-0.2, 0) is 9.59 Å². The van der Waals surface area contributed by atoms with E-state index >= 15 is 0 Å². The minimum absolute atomic E-state index is 0.0361. The van der Waals surface area contributed by atoms with Crippen LogP contribution in [0.1, 0.15) is 36.2 Å². The van der Waals surface area contributed by atoms with E-state index in [0.29, 0.717) is 12.8 Å². The molecule has 1 aliphatic rings. The van der Waals surface area contributed by atoms with Crippen molar-refractivity contribution in [3.05, 3.63) is 58.0 Å². The molecule has 7 heteroatoms. The molecule has 2 amide bonds. The second kappa shape index (κ2) is 7.78. The molecule has 0 aliphatic carbocycles. The summed E-state index contributed by atoms with van der Waals surface area (Å²) in [6, 6.07) is 9.72. The molecule has 0 saturated heterocycles. The lowest BCUT2D eigenvalue weighted by molar-refractivity contribution is -0.140. The van der Waals surface area contributed by atoms with Crippen LogP contribution in [0.15, 0.2) is 46.9 Å². The fraction of sp³-hybridized carbons (Fsp3) is 0.316. The van der Waals surface area contributed by atoms with Crippen molar-refractivity contribution in [2.75, 3.05) is 13.6 Å². The smallest absolute Gasteiger partial charge is 0.262 e. The van der Waals surface area contributed by atoms with Gasteiger partial charge in [0.2, 0.25) is 5.91 Å². The second-order valence-corrected chi connectivity index (χ2v) is 7.08. The topological polar surface area (TPSA) is 53.0 Å². The fourth-order valence-corrected chi connectivity index (χ4v) is 3.63. The van der Waals surface area contributed by atoms with Gasteiger partial charge in [-0.25, -0.2) is 9.40 Å². The molecular formula is C19H20FN3O2S. The molecule has 1 aromatic carbocycles. The molecule has 2 heterocycles. The maximum absolute atomic E-state index is 13.3. The Morgan fingerprint density at radius 2 is 2.04 bits per heavy atom. The molecule has 0 radical (unpaired) electrons. The summed E-state index contributed by atoms with van der Waals surface area (Å²) in [5.41, 5.74) is 1.65. The third-order valence-electron chi connectivity index (χ3n) is 4.33. The monoisotopic (exact) mass is 373 g/mol. The summed E-state index contributed by atoms with van der Waals surface area (Å²) in [5.74, 6) is -0.675. The molecule has 0 unspecified atom stereocenters. The van der Waals surface area contributed by atoms with Crippen LogP contribution < -0.4 is 0 Å². The molecule has 2 aromatic rings. The third kappa shape index (κ3) is 3.83. The lowest BCUT2D eigenvalue weighted by atomic mass is 10.0. The predicted octanol–water partition coefficient (Wildman–Crippen LogP) is 3.43. The first-order chi connectivity index (χ1) is 12.5. The summed E-state index contributed by atoms with van der Waals surface area (Å²) >= 11 is 1.56. The van der Waals surface area contributed by atoms with E-state index in [4.69, 9.17) is 0 Å². The molecule has 1 atom stereocenters. The Bertz CT molecular complexity index is 818. The molecule has 26 heavy (non-hydrogen) atoms. The maximum Gasteiger partial charge on any atom is 0.262 e. The minimum Gasteiger partial charge on any atom is -0.336 e. The van der Waals surface area contributed by atoms with Gasteiger partial charge in [0.1, 0.15) is 12.4 Å². The number of carbonyl (C=O) groups excluding carboxylic acids is 2.